The summed E-state index contributed by atoms with van der Waals surface area (Å²) in [5, 5.41) is 4.35. The van der Waals surface area contributed by atoms with E-state index in [1.165, 1.54) is 0 Å². The number of nitrogens with one attached hydrogen (secondary N) is 2. The smallest absolute Gasteiger partial charge is 0.422 e. The van der Waals surface area contributed by atoms with Crippen molar-refractivity contribution in [2.75, 3.05) is 44.2 Å². The first kappa shape index (κ1) is 28.8. The van der Waals surface area contributed by atoms with E-state index in [0.717, 1.165) is 81.8 Å². The number of hydrogen-bond acceptors (Lipinski definition) is 8. The predicted octanol–water partition coefficient (Wildman–Crippen LogP) is 2.66. The van der Waals surface area contributed by atoms with Crippen LogP contribution in [0.2, 0.25) is 0 Å². The lowest BCUT2D eigenvalue weighted by atomic mass is 9.71. The average Bonchev–Trinajstić information content (AvgIpc) is 3.35. The molecule has 4 fully saturated rings. The number of likely N-dealkylation sites (tertiary alicyclic amines) is 1. The molecule has 5 heterocycles. The molecule has 1 atom stereocenters. The molecule has 4 saturated heterocycles. The number of carbonyl (C=O) groups excluding carboxylic acids is 4. The second-order valence-electron chi connectivity index (χ2n) is 13.0. The van der Waals surface area contributed by atoms with E-state index in [4.69, 9.17) is 4.74 Å². The first-order valence-corrected chi connectivity index (χ1v) is 15.8. The molecule has 1 unspecified atom stereocenters. The Morgan fingerprint density at radius 3 is 2.43 bits per heavy atom. The van der Waals surface area contributed by atoms with Crippen LogP contribution in [0.5, 0.6) is 0 Å². The Hall–Kier alpha value is -3.96. The normalized spacial score (nSPS) is 24.2. The fourth-order valence-electron chi connectivity index (χ4n) is 7.61. The Bertz CT molecular complexity index is 1430. The molecule has 232 valence electrons. The van der Waals surface area contributed by atoms with Crippen LogP contribution in [-0.2, 0) is 27.5 Å². The maximum Gasteiger partial charge on any atom is 0.422 e. The number of fused-ring (bicyclic) bond motifs is 1. The molecule has 2 aromatic rings. The number of benzene rings is 2. The molecule has 0 aliphatic carbocycles. The number of nitrogens with zero attached hydrogens (tertiary/aromatic N) is 4. The third kappa shape index (κ3) is 5.78. The molecule has 1 spiro atoms. The fraction of sp³-hybridized carbons (Fsp3) is 0.515. The molecule has 11 heteroatoms. The van der Waals surface area contributed by atoms with Crippen LogP contribution < -0.4 is 15.6 Å². The number of hydrazine groups is 1. The van der Waals surface area contributed by atoms with Gasteiger partial charge in [0.1, 0.15) is 12.6 Å². The highest BCUT2D eigenvalue weighted by Gasteiger charge is 2.47. The molecule has 5 aliphatic heterocycles. The van der Waals surface area contributed by atoms with E-state index in [1.807, 2.05) is 47.5 Å². The number of carbonyl (C=O) groups is 4. The molecule has 11 nitrogen and oxygen atoms in total. The van der Waals surface area contributed by atoms with E-state index in [2.05, 4.69) is 26.6 Å². The average molecular weight is 601 g/mol. The summed E-state index contributed by atoms with van der Waals surface area (Å²) in [5.41, 5.74) is 7.00. The Kier molecular flexibility index (Phi) is 7.75. The quantitative estimate of drug-likeness (QED) is 0.487. The van der Waals surface area contributed by atoms with E-state index < -0.39 is 12.1 Å². The summed E-state index contributed by atoms with van der Waals surface area (Å²) in [6.07, 6.45) is 4.60. The van der Waals surface area contributed by atoms with Crippen LogP contribution in [0.1, 0.15) is 60.0 Å². The van der Waals surface area contributed by atoms with Crippen LogP contribution in [-0.4, -0.2) is 90.0 Å². The monoisotopic (exact) mass is 600 g/mol. The van der Waals surface area contributed by atoms with Crippen LogP contribution in [0.4, 0.5) is 10.5 Å². The van der Waals surface area contributed by atoms with Gasteiger partial charge in [0.05, 0.1) is 0 Å². The second-order valence-corrected chi connectivity index (χ2v) is 13.0. The van der Waals surface area contributed by atoms with Crippen LogP contribution >= 0.6 is 0 Å². The van der Waals surface area contributed by atoms with Gasteiger partial charge in [-0.25, -0.2) is 9.80 Å². The molecule has 0 saturated carbocycles. The minimum absolute atomic E-state index is 0.127. The van der Waals surface area contributed by atoms with Crippen LogP contribution in [0.3, 0.4) is 0 Å². The lowest BCUT2D eigenvalue weighted by molar-refractivity contribution is -0.136. The highest BCUT2D eigenvalue weighted by atomic mass is 16.6. The number of hydrogen-bond donors (Lipinski definition) is 2. The fourth-order valence-corrected chi connectivity index (χ4v) is 7.61. The minimum atomic E-state index is -0.586. The van der Waals surface area contributed by atoms with E-state index in [0.29, 0.717) is 30.0 Å². The Morgan fingerprint density at radius 2 is 1.70 bits per heavy atom. The highest BCUT2D eigenvalue weighted by Crippen LogP contribution is 2.43. The number of anilines is 1. The van der Waals surface area contributed by atoms with Crippen LogP contribution in [0.25, 0.3) is 0 Å². The van der Waals surface area contributed by atoms with Gasteiger partial charge in [0.2, 0.25) is 11.8 Å². The van der Waals surface area contributed by atoms with Crippen molar-refractivity contribution in [3.05, 3.63) is 65.2 Å². The zero-order valence-corrected chi connectivity index (χ0v) is 25.0. The van der Waals surface area contributed by atoms with E-state index in [-0.39, 0.29) is 30.7 Å². The Labute approximate surface area is 257 Å². The molecule has 44 heavy (non-hydrogen) atoms. The first-order valence-electron chi connectivity index (χ1n) is 15.8. The zero-order valence-electron chi connectivity index (χ0n) is 25.0. The molecule has 4 amide bonds. The summed E-state index contributed by atoms with van der Waals surface area (Å²) in [5.74, 6) is -0.774. The molecule has 0 aromatic heterocycles. The van der Waals surface area contributed by atoms with Gasteiger partial charge in [-0.2, -0.15) is 0 Å². The molecule has 0 radical (unpaired) electrons. The number of amides is 4. The van der Waals surface area contributed by atoms with Gasteiger partial charge >= 0.3 is 6.09 Å². The Balaban J connectivity index is 0.850. The zero-order chi connectivity index (χ0) is 30.3. The summed E-state index contributed by atoms with van der Waals surface area (Å²) in [7, 11) is 0. The maximum atomic E-state index is 13.1. The Morgan fingerprint density at radius 1 is 0.955 bits per heavy atom. The van der Waals surface area contributed by atoms with Crippen molar-refractivity contribution in [2.24, 2.45) is 5.41 Å². The van der Waals surface area contributed by atoms with Gasteiger partial charge < -0.3 is 14.5 Å². The number of rotatable bonds is 6. The number of piperidine rings is 3. The van der Waals surface area contributed by atoms with Gasteiger partial charge in [-0.1, -0.05) is 30.3 Å². The molecule has 2 N–H and O–H groups in total. The first-order chi connectivity index (χ1) is 21.4. The highest BCUT2D eigenvalue weighted by molar-refractivity contribution is 6.05. The van der Waals surface area contributed by atoms with Crippen molar-refractivity contribution in [1.29, 1.82) is 0 Å². The molecular weight excluding hydrogens is 560 g/mol. The standard InChI is InChI=1S/C33H40N6O5/c40-29-9-8-28(30(41)34-29)39-19-24-18-26(6-7-27(24)31(39)42)36-16-12-33(13-17-36)21-37(22-33)25-10-14-38(15-11-25)35-32(43)44-20-23-4-2-1-3-5-23/h1-7,18,25,28H,8-17,19-22H2,(H,35,43)(H,34,40,41). The molecule has 7 rings (SSSR count). The summed E-state index contributed by atoms with van der Waals surface area (Å²) in [6.45, 7) is 6.58. The van der Waals surface area contributed by atoms with Crippen molar-refractivity contribution >= 4 is 29.5 Å². The second kappa shape index (κ2) is 11.9. The van der Waals surface area contributed by atoms with Gasteiger partial charge in [0.15, 0.2) is 0 Å². The van der Waals surface area contributed by atoms with Crippen LogP contribution in [0, 0.1) is 5.41 Å². The third-order valence-electron chi connectivity index (χ3n) is 10.2. The van der Waals surface area contributed by atoms with Crippen molar-refractivity contribution in [2.45, 2.75) is 63.8 Å². The van der Waals surface area contributed by atoms with Crippen molar-refractivity contribution in [3.63, 3.8) is 0 Å². The lowest BCUT2D eigenvalue weighted by Crippen LogP contribution is -2.64. The summed E-state index contributed by atoms with van der Waals surface area (Å²) >= 11 is 0. The predicted molar refractivity (Wildman–Crippen MR) is 162 cm³/mol. The van der Waals surface area contributed by atoms with Gasteiger partial charge in [-0.15, -0.1) is 0 Å². The lowest BCUT2D eigenvalue weighted by Gasteiger charge is -2.57. The summed E-state index contributed by atoms with van der Waals surface area (Å²) < 4.78 is 5.37. The third-order valence-corrected chi connectivity index (χ3v) is 10.2. The van der Waals surface area contributed by atoms with Gasteiger partial charge in [-0.3, -0.25) is 30.0 Å². The largest absolute Gasteiger partial charge is 0.444 e. The molecular formula is C33H40N6O5. The summed E-state index contributed by atoms with van der Waals surface area (Å²) in [4.78, 5) is 55.9. The maximum absolute atomic E-state index is 13.1. The van der Waals surface area contributed by atoms with Gasteiger partial charge in [-0.05, 0) is 66.8 Å². The van der Waals surface area contributed by atoms with Crippen molar-refractivity contribution in [1.82, 2.24) is 25.6 Å². The molecule has 5 aliphatic rings. The van der Waals surface area contributed by atoms with Crippen molar-refractivity contribution in [3.8, 4) is 0 Å². The summed E-state index contributed by atoms with van der Waals surface area (Å²) in [6, 6.07) is 15.7. The topological polar surface area (TPSA) is 115 Å². The van der Waals surface area contributed by atoms with Gasteiger partial charge in [0.25, 0.3) is 5.91 Å². The van der Waals surface area contributed by atoms with E-state index >= 15 is 0 Å². The minimum Gasteiger partial charge on any atom is -0.444 e. The molecule has 0 bridgehead atoms. The SMILES string of the molecule is O=C1CCC(N2Cc3cc(N4CCC5(CC4)CN(C4CCN(NC(=O)OCc6ccccc6)CC4)C5)ccc3C2=O)C(=O)N1. The van der Waals surface area contributed by atoms with E-state index in [1.54, 1.807) is 4.90 Å². The number of imide groups is 1. The van der Waals surface area contributed by atoms with Gasteiger partial charge in [0, 0.05) is 69.5 Å². The van der Waals surface area contributed by atoms with Crippen LogP contribution in [0.15, 0.2) is 48.5 Å². The molecule has 2 aromatic carbocycles. The van der Waals surface area contributed by atoms with E-state index in [9.17, 15) is 19.2 Å². The number of ether oxygens (including phenoxy) is 1. The van der Waals surface area contributed by atoms with Crippen molar-refractivity contribution < 1.29 is 23.9 Å².